The van der Waals surface area contributed by atoms with Crippen molar-refractivity contribution in [3.8, 4) is 5.75 Å². The molecule has 1 N–H and O–H groups in total. The van der Waals surface area contributed by atoms with Gasteiger partial charge in [0.15, 0.2) is 5.78 Å². The number of Topliss-reactive ketones (excluding diaryl/α,β-unsaturated/α-hetero) is 1. The van der Waals surface area contributed by atoms with Gasteiger partial charge in [-0.15, -0.1) is 0 Å². The number of ether oxygens (including phenoxy) is 1. The highest BCUT2D eigenvalue weighted by Gasteiger charge is 2.28. The van der Waals surface area contributed by atoms with Gasteiger partial charge in [-0.2, -0.15) is 0 Å². The third-order valence-electron chi connectivity index (χ3n) is 5.77. The molecule has 0 spiro atoms. The maximum absolute atomic E-state index is 13.2. The van der Waals surface area contributed by atoms with E-state index in [4.69, 9.17) is 9.73 Å². The third kappa shape index (κ3) is 5.20. The van der Waals surface area contributed by atoms with Crippen LogP contribution in [-0.4, -0.2) is 30.1 Å². The lowest BCUT2D eigenvalue weighted by Gasteiger charge is -2.29. The second-order valence-electron chi connectivity index (χ2n) is 9.07. The van der Waals surface area contributed by atoms with Crippen LogP contribution in [0.2, 0.25) is 0 Å². The zero-order valence-corrected chi connectivity index (χ0v) is 19.4. The molecule has 0 aromatic heterocycles. The van der Waals surface area contributed by atoms with Crippen molar-refractivity contribution < 1.29 is 14.3 Å². The van der Waals surface area contributed by atoms with Crippen molar-refractivity contribution in [3.63, 3.8) is 0 Å². The molecule has 0 atom stereocenters. The zero-order chi connectivity index (χ0) is 23.6. The minimum absolute atomic E-state index is 0.0494. The number of nitrogens with one attached hydrogen (secondary N) is 1. The van der Waals surface area contributed by atoms with Gasteiger partial charge in [-0.05, 0) is 69.2 Å². The van der Waals surface area contributed by atoms with Crippen LogP contribution in [0.5, 0.6) is 5.75 Å². The van der Waals surface area contributed by atoms with Crippen LogP contribution in [0, 0.1) is 6.92 Å². The van der Waals surface area contributed by atoms with E-state index in [1.54, 1.807) is 43.5 Å². The molecular formula is C28H28N2O3. The second-order valence-corrected chi connectivity index (χ2v) is 9.07. The highest BCUT2D eigenvalue weighted by molar-refractivity contribution is 6.17. The number of rotatable bonds is 6. The minimum atomic E-state index is -0.277. The summed E-state index contributed by atoms with van der Waals surface area (Å²) in [6, 6.07) is 20.4. The fraction of sp³-hybridized carbons (Fsp3) is 0.250. The van der Waals surface area contributed by atoms with E-state index in [1.165, 1.54) is 0 Å². The smallest absolute Gasteiger partial charge is 0.255 e. The molecule has 168 valence electrons. The SMILES string of the molecule is COc1ccc2c(c1)C(CC(=O)c1cccc(NC(=O)c3ccc(C)cc3)c1)=NC(C)(C)C2. The number of fused-ring (bicyclic) bond motifs is 1. The third-order valence-corrected chi connectivity index (χ3v) is 5.77. The summed E-state index contributed by atoms with van der Waals surface area (Å²) < 4.78 is 5.39. The number of carbonyl (C=O) groups is 2. The predicted molar refractivity (Wildman–Crippen MR) is 132 cm³/mol. The maximum atomic E-state index is 13.2. The first kappa shape index (κ1) is 22.5. The average Bonchev–Trinajstić information content (AvgIpc) is 2.78. The van der Waals surface area contributed by atoms with E-state index >= 15 is 0 Å². The fourth-order valence-corrected chi connectivity index (χ4v) is 4.10. The first-order valence-corrected chi connectivity index (χ1v) is 11.0. The Morgan fingerprint density at radius 2 is 1.76 bits per heavy atom. The lowest BCUT2D eigenvalue weighted by molar-refractivity contribution is 0.0996. The number of carbonyl (C=O) groups excluding carboxylic acids is 2. The van der Waals surface area contributed by atoms with Crippen molar-refractivity contribution in [2.75, 3.05) is 12.4 Å². The summed E-state index contributed by atoms with van der Waals surface area (Å²) in [6.07, 6.45) is 0.990. The zero-order valence-electron chi connectivity index (χ0n) is 19.4. The quantitative estimate of drug-likeness (QED) is 0.504. The molecule has 0 radical (unpaired) electrons. The number of ketones is 1. The van der Waals surface area contributed by atoms with Crippen LogP contribution in [0.25, 0.3) is 0 Å². The van der Waals surface area contributed by atoms with E-state index in [0.29, 0.717) is 16.8 Å². The van der Waals surface area contributed by atoms with Gasteiger partial charge in [-0.1, -0.05) is 35.9 Å². The van der Waals surface area contributed by atoms with Crippen LogP contribution < -0.4 is 10.1 Å². The van der Waals surface area contributed by atoms with Crippen LogP contribution in [0.4, 0.5) is 5.69 Å². The summed E-state index contributed by atoms with van der Waals surface area (Å²) in [5, 5.41) is 2.88. The molecular weight excluding hydrogens is 412 g/mol. The molecule has 0 bridgehead atoms. The van der Waals surface area contributed by atoms with Gasteiger partial charge < -0.3 is 10.1 Å². The summed E-state index contributed by atoms with van der Waals surface area (Å²) >= 11 is 0. The Hall–Kier alpha value is -3.73. The number of amides is 1. The van der Waals surface area contributed by atoms with Crippen LogP contribution >= 0.6 is 0 Å². The van der Waals surface area contributed by atoms with Gasteiger partial charge in [0.2, 0.25) is 0 Å². The molecule has 0 unspecified atom stereocenters. The summed E-state index contributed by atoms with van der Waals surface area (Å²) in [5.41, 5.74) is 5.39. The first-order valence-electron chi connectivity index (χ1n) is 11.0. The Balaban J connectivity index is 1.55. The minimum Gasteiger partial charge on any atom is -0.497 e. The van der Waals surface area contributed by atoms with E-state index in [-0.39, 0.29) is 23.7 Å². The Labute approximate surface area is 194 Å². The Bertz CT molecular complexity index is 1240. The van der Waals surface area contributed by atoms with E-state index in [9.17, 15) is 9.59 Å². The van der Waals surface area contributed by atoms with Gasteiger partial charge in [-0.3, -0.25) is 14.6 Å². The monoisotopic (exact) mass is 440 g/mol. The molecule has 0 aliphatic carbocycles. The molecule has 4 rings (SSSR count). The molecule has 1 aliphatic heterocycles. The summed E-state index contributed by atoms with van der Waals surface area (Å²) in [6.45, 7) is 6.13. The van der Waals surface area contributed by atoms with Gasteiger partial charge >= 0.3 is 0 Å². The predicted octanol–water partition coefficient (Wildman–Crippen LogP) is 5.65. The largest absolute Gasteiger partial charge is 0.497 e. The lowest BCUT2D eigenvalue weighted by atomic mass is 9.85. The molecule has 33 heavy (non-hydrogen) atoms. The number of aliphatic imine (C=N–C) groups is 1. The van der Waals surface area contributed by atoms with Gasteiger partial charge in [0.25, 0.3) is 5.91 Å². The molecule has 0 saturated heterocycles. The number of anilines is 1. The van der Waals surface area contributed by atoms with Crippen molar-refractivity contribution in [3.05, 3.63) is 94.5 Å². The Morgan fingerprint density at radius 3 is 2.48 bits per heavy atom. The second kappa shape index (κ2) is 9.02. The summed E-state index contributed by atoms with van der Waals surface area (Å²) in [5.74, 6) is 0.486. The van der Waals surface area contributed by atoms with Crippen molar-refractivity contribution in [2.45, 2.75) is 39.2 Å². The van der Waals surface area contributed by atoms with Crippen LogP contribution in [0.3, 0.4) is 0 Å². The molecule has 3 aromatic rings. The fourth-order valence-electron chi connectivity index (χ4n) is 4.10. The molecule has 5 heteroatoms. The molecule has 0 saturated carbocycles. The van der Waals surface area contributed by atoms with Crippen LogP contribution in [-0.2, 0) is 6.42 Å². The van der Waals surface area contributed by atoms with Gasteiger partial charge in [0.05, 0.1) is 24.8 Å². The average molecular weight is 441 g/mol. The first-order chi connectivity index (χ1) is 15.7. The van der Waals surface area contributed by atoms with E-state index in [2.05, 4.69) is 25.2 Å². The van der Waals surface area contributed by atoms with Crippen molar-refractivity contribution in [2.24, 2.45) is 4.99 Å². The van der Waals surface area contributed by atoms with Crippen molar-refractivity contribution in [1.82, 2.24) is 0 Å². The normalized spacial score (nSPS) is 14.1. The van der Waals surface area contributed by atoms with Crippen LogP contribution in [0.1, 0.15) is 57.7 Å². The molecule has 1 heterocycles. The highest BCUT2D eigenvalue weighted by Crippen LogP contribution is 2.31. The van der Waals surface area contributed by atoms with Crippen molar-refractivity contribution in [1.29, 1.82) is 0 Å². The van der Waals surface area contributed by atoms with Crippen molar-refractivity contribution >= 4 is 23.1 Å². The Kier molecular flexibility index (Phi) is 6.14. The van der Waals surface area contributed by atoms with E-state index < -0.39 is 0 Å². The molecule has 1 aliphatic rings. The topological polar surface area (TPSA) is 67.8 Å². The molecule has 0 fully saturated rings. The maximum Gasteiger partial charge on any atom is 0.255 e. The van der Waals surface area contributed by atoms with Gasteiger partial charge in [0, 0.05) is 22.4 Å². The van der Waals surface area contributed by atoms with E-state index in [1.807, 2.05) is 31.2 Å². The summed E-state index contributed by atoms with van der Waals surface area (Å²) in [7, 11) is 1.63. The number of methoxy groups -OCH3 is 1. The molecule has 1 amide bonds. The number of hydrogen-bond acceptors (Lipinski definition) is 4. The number of hydrogen-bond donors (Lipinski definition) is 1. The lowest BCUT2D eigenvalue weighted by Crippen LogP contribution is -2.30. The highest BCUT2D eigenvalue weighted by atomic mass is 16.5. The van der Waals surface area contributed by atoms with Gasteiger partial charge in [0.1, 0.15) is 5.75 Å². The number of benzene rings is 3. The summed E-state index contributed by atoms with van der Waals surface area (Å²) in [4.78, 5) is 30.7. The standard InChI is InChI=1S/C28H28N2O3/c1-18-8-10-19(11-9-18)27(32)29-22-7-5-6-20(14-22)26(31)16-25-24-15-23(33-4)13-12-21(24)17-28(2,3)30-25/h5-15H,16-17H2,1-4H3,(H,29,32). The number of aryl methyl sites for hydroxylation is 1. The van der Waals surface area contributed by atoms with Gasteiger partial charge in [-0.25, -0.2) is 0 Å². The van der Waals surface area contributed by atoms with Crippen LogP contribution in [0.15, 0.2) is 71.7 Å². The molecule has 3 aromatic carbocycles. The number of nitrogens with zero attached hydrogens (tertiary/aromatic N) is 1. The van der Waals surface area contributed by atoms with E-state index in [0.717, 1.165) is 34.6 Å². The molecule has 5 nitrogen and oxygen atoms in total. The Morgan fingerprint density at radius 1 is 1.00 bits per heavy atom.